The summed E-state index contributed by atoms with van der Waals surface area (Å²) in [6, 6.07) is 23.5. The Morgan fingerprint density at radius 2 is 1.71 bits per heavy atom. The Bertz CT molecular complexity index is 1510. The summed E-state index contributed by atoms with van der Waals surface area (Å²) in [4.78, 5) is 29.1. The van der Waals surface area contributed by atoms with Crippen molar-refractivity contribution in [2.75, 3.05) is 12.0 Å². The molecule has 6 nitrogen and oxygen atoms in total. The van der Waals surface area contributed by atoms with Crippen molar-refractivity contribution in [2.24, 2.45) is 0 Å². The maximum atomic E-state index is 13.4. The van der Waals surface area contributed by atoms with Gasteiger partial charge in [0.2, 0.25) is 0 Å². The molecule has 0 radical (unpaired) electrons. The molecule has 192 valence electrons. The van der Waals surface area contributed by atoms with Crippen LogP contribution in [0.5, 0.6) is 11.5 Å². The topological polar surface area (TPSA) is 76.1 Å². The van der Waals surface area contributed by atoms with E-state index in [0.717, 1.165) is 21.6 Å². The molecule has 1 saturated heterocycles. The molecule has 1 aromatic heterocycles. The summed E-state index contributed by atoms with van der Waals surface area (Å²) >= 11 is 1.42. The zero-order chi connectivity index (χ0) is 26.8. The van der Waals surface area contributed by atoms with E-state index >= 15 is 0 Å². The predicted molar refractivity (Wildman–Crippen MR) is 149 cm³/mol. The monoisotopic (exact) mass is 525 g/mol. The molecule has 4 aromatic rings. The van der Waals surface area contributed by atoms with Gasteiger partial charge in [0.15, 0.2) is 0 Å². The average Bonchev–Trinajstić information content (AvgIpc) is 3.54. The molecule has 2 heterocycles. The van der Waals surface area contributed by atoms with Gasteiger partial charge in [-0.2, -0.15) is 0 Å². The quantitative estimate of drug-likeness (QED) is 0.168. The van der Waals surface area contributed by atoms with E-state index in [4.69, 9.17) is 9.47 Å². The van der Waals surface area contributed by atoms with E-state index in [1.54, 1.807) is 30.3 Å². The number of ketones is 1. The number of aryl methyl sites for hydroxylation is 2. The Hall–Kier alpha value is -4.36. The SMILES string of the molecule is COc1c(C)cc(C)cc1/C(O)=C1/C(=O)C(=O)N(c2ccc(OCc3ccccc3)cc2)C1c1cccs1. The second-order valence-corrected chi connectivity index (χ2v) is 10.1. The van der Waals surface area contributed by atoms with Crippen LogP contribution in [0.1, 0.15) is 33.2 Å². The Labute approximate surface area is 225 Å². The number of anilines is 1. The third-order valence-electron chi connectivity index (χ3n) is 6.50. The Balaban J connectivity index is 1.55. The first kappa shape index (κ1) is 25.3. The molecule has 1 fully saturated rings. The second kappa shape index (κ2) is 10.6. The summed E-state index contributed by atoms with van der Waals surface area (Å²) in [6.45, 7) is 4.19. The molecule has 0 bridgehead atoms. The fourth-order valence-electron chi connectivity index (χ4n) is 4.81. The number of rotatable bonds is 7. The van der Waals surface area contributed by atoms with E-state index in [2.05, 4.69) is 0 Å². The zero-order valence-electron chi connectivity index (χ0n) is 21.3. The minimum absolute atomic E-state index is 0.0326. The lowest BCUT2D eigenvalue weighted by atomic mass is 9.96. The fraction of sp³-hybridized carbons (Fsp3) is 0.161. The Kier molecular flexibility index (Phi) is 7.03. The number of ether oxygens (including phenoxy) is 2. The third-order valence-corrected chi connectivity index (χ3v) is 7.42. The smallest absolute Gasteiger partial charge is 0.300 e. The number of carbonyl (C=O) groups excluding carboxylic acids is 2. The molecule has 0 spiro atoms. The molecule has 0 aliphatic carbocycles. The lowest BCUT2D eigenvalue weighted by Gasteiger charge is -2.24. The van der Waals surface area contributed by atoms with E-state index in [1.807, 2.05) is 67.8 Å². The number of Topliss-reactive ketones (excluding diaryl/α,β-unsaturated/α-hetero) is 1. The number of aliphatic hydroxyl groups is 1. The molecule has 1 unspecified atom stereocenters. The maximum absolute atomic E-state index is 13.4. The van der Waals surface area contributed by atoms with E-state index in [-0.39, 0.29) is 11.3 Å². The summed E-state index contributed by atoms with van der Waals surface area (Å²) in [6.07, 6.45) is 0. The molecule has 5 rings (SSSR count). The van der Waals surface area contributed by atoms with Crippen LogP contribution >= 0.6 is 11.3 Å². The van der Waals surface area contributed by atoms with Crippen molar-refractivity contribution in [3.05, 3.63) is 117 Å². The number of methoxy groups -OCH3 is 1. The molecule has 1 atom stereocenters. The number of amides is 1. The average molecular weight is 526 g/mol. The normalized spacial score (nSPS) is 16.6. The van der Waals surface area contributed by atoms with Crippen LogP contribution in [0.25, 0.3) is 5.76 Å². The standard InChI is InChI=1S/C31H27NO5S/c1-19-16-20(2)30(36-3)24(17-19)28(33)26-27(25-10-7-15-38-25)32(31(35)29(26)34)22-11-13-23(14-12-22)37-18-21-8-5-4-6-9-21/h4-17,27,33H,18H2,1-3H3/b28-26-. The van der Waals surface area contributed by atoms with Gasteiger partial charge in [0.1, 0.15) is 29.9 Å². The lowest BCUT2D eigenvalue weighted by Crippen LogP contribution is -2.29. The summed E-state index contributed by atoms with van der Waals surface area (Å²) in [5, 5.41) is 13.4. The number of nitrogens with zero attached hydrogens (tertiary/aromatic N) is 1. The van der Waals surface area contributed by atoms with Crippen LogP contribution in [0, 0.1) is 13.8 Å². The van der Waals surface area contributed by atoms with Crippen LogP contribution in [0.4, 0.5) is 5.69 Å². The predicted octanol–water partition coefficient (Wildman–Crippen LogP) is 6.58. The van der Waals surface area contributed by atoms with Crippen LogP contribution in [0.2, 0.25) is 0 Å². The number of hydrogen-bond acceptors (Lipinski definition) is 6. The molecule has 7 heteroatoms. The van der Waals surface area contributed by atoms with Crippen LogP contribution in [-0.2, 0) is 16.2 Å². The lowest BCUT2D eigenvalue weighted by molar-refractivity contribution is -0.132. The summed E-state index contributed by atoms with van der Waals surface area (Å²) in [5.74, 6) is -0.598. The van der Waals surface area contributed by atoms with Gasteiger partial charge >= 0.3 is 0 Å². The summed E-state index contributed by atoms with van der Waals surface area (Å²) in [5.41, 5.74) is 3.71. The van der Waals surface area contributed by atoms with Gasteiger partial charge in [-0.25, -0.2) is 0 Å². The first-order valence-corrected chi connectivity index (χ1v) is 13.0. The van der Waals surface area contributed by atoms with E-state index in [1.165, 1.54) is 23.3 Å². The first-order chi connectivity index (χ1) is 18.4. The first-order valence-electron chi connectivity index (χ1n) is 12.2. The van der Waals surface area contributed by atoms with Crippen LogP contribution in [0.3, 0.4) is 0 Å². The van der Waals surface area contributed by atoms with E-state index < -0.39 is 17.7 Å². The highest BCUT2D eigenvalue weighted by Crippen LogP contribution is 2.45. The fourth-order valence-corrected chi connectivity index (χ4v) is 5.63. The molecular weight excluding hydrogens is 498 g/mol. The molecule has 3 aromatic carbocycles. The summed E-state index contributed by atoms with van der Waals surface area (Å²) in [7, 11) is 1.52. The van der Waals surface area contributed by atoms with Crippen molar-refractivity contribution in [3.63, 3.8) is 0 Å². The van der Waals surface area contributed by atoms with Crippen molar-refractivity contribution in [3.8, 4) is 11.5 Å². The Morgan fingerprint density at radius 3 is 2.37 bits per heavy atom. The van der Waals surface area contributed by atoms with Crippen molar-refractivity contribution in [1.82, 2.24) is 0 Å². The molecule has 1 amide bonds. The van der Waals surface area contributed by atoms with E-state index in [9.17, 15) is 14.7 Å². The largest absolute Gasteiger partial charge is 0.507 e. The van der Waals surface area contributed by atoms with E-state index in [0.29, 0.717) is 29.4 Å². The Morgan fingerprint density at radius 1 is 0.974 bits per heavy atom. The van der Waals surface area contributed by atoms with Crippen molar-refractivity contribution in [1.29, 1.82) is 0 Å². The minimum Gasteiger partial charge on any atom is -0.507 e. The second-order valence-electron chi connectivity index (χ2n) is 9.12. The van der Waals surface area contributed by atoms with Crippen LogP contribution in [0.15, 0.2) is 89.8 Å². The van der Waals surface area contributed by atoms with Gasteiger partial charge in [-0.1, -0.05) is 42.5 Å². The highest BCUT2D eigenvalue weighted by atomic mass is 32.1. The van der Waals surface area contributed by atoms with Gasteiger partial charge in [0, 0.05) is 10.6 Å². The molecule has 1 aliphatic rings. The van der Waals surface area contributed by atoms with Gasteiger partial charge in [-0.3, -0.25) is 14.5 Å². The molecular formula is C31H27NO5S. The number of benzene rings is 3. The summed E-state index contributed by atoms with van der Waals surface area (Å²) < 4.78 is 11.5. The molecule has 1 aliphatic heterocycles. The minimum atomic E-state index is -0.781. The van der Waals surface area contributed by atoms with Crippen molar-refractivity contribution < 1.29 is 24.2 Å². The molecule has 38 heavy (non-hydrogen) atoms. The molecule has 0 saturated carbocycles. The number of thiophene rings is 1. The van der Waals surface area contributed by atoms with Gasteiger partial charge in [-0.05, 0) is 72.3 Å². The van der Waals surface area contributed by atoms with Crippen LogP contribution in [-0.4, -0.2) is 23.9 Å². The van der Waals surface area contributed by atoms with Gasteiger partial charge in [0.25, 0.3) is 11.7 Å². The zero-order valence-corrected chi connectivity index (χ0v) is 22.1. The van der Waals surface area contributed by atoms with Gasteiger partial charge < -0.3 is 14.6 Å². The number of hydrogen-bond donors (Lipinski definition) is 1. The number of carbonyl (C=O) groups is 2. The third kappa shape index (κ3) is 4.68. The van der Waals surface area contributed by atoms with Gasteiger partial charge in [0.05, 0.1) is 18.2 Å². The van der Waals surface area contributed by atoms with Crippen molar-refractivity contribution >= 4 is 34.5 Å². The van der Waals surface area contributed by atoms with Crippen molar-refractivity contribution in [2.45, 2.75) is 26.5 Å². The highest BCUT2D eigenvalue weighted by Gasteiger charge is 2.47. The highest BCUT2D eigenvalue weighted by molar-refractivity contribution is 7.10. The maximum Gasteiger partial charge on any atom is 0.300 e. The number of aliphatic hydroxyl groups excluding tert-OH is 1. The molecule has 1 N–H and O–H groups in total. The van der Waals surface area contributed by atoms with Gasteiger partial charge in [-0.15, -0.1) is 11.3 Å². The van der Waals surface area contributed by atoms with Crippen LogP contribution < -0.4 is 14.4 Å².